The van der Waals surface area contributed by atoms with Crippen molar-refractivity contribution in [3.05, 3.63) is 68.8 Å². The van der Waals surface area contributed by atoms with Gasteiger partial charge < -0.3 is 4.57 Å². The van der Waals surface area contributed by atoms with Crippen molar-refractivity contribution in [3.63, 3.8) is 0 Å². The van der Waals surface area contributed by atoms with E-state index in [0.29, 0.717) is 11.8 Å². The third-order valence-corrected chi connectivity index (χ3v) is 2.89. The molecule has 0 spiro atoms. The molecule has 2 aromatic rings. The molecule has 2 rings (SSSR count). The Kier molecular flexibility index (Phi) is 3.58. The number of benzene rings is 1. The van der Waals surface area contributed by atoms with Crippen molar-refractivity contribution in [2.24, 2.45) is 0 Å². The molecule has 3 nitrogen and oxygen atoms in total. The van der Waals surface area contributed by atoms with Gasteiger partial charge in [-0.3, -0.25) is 9.59 Å². The van der Waals surface area contributed by atoms with E-state index in [2.05, 4.69) is 0 Å². The number of rotatable bonds is 3. The van der Waals surface area contributed by atoms with Gasteiger partial charge in [-0.1, -0.05) is 17.7 Å². The average molecular weight is 266 g/mol. The number of aldehydes is 1. The minimum atomic E-state index is -0.481. The Balaban J connectivity index is 2.46. The third kappa shape index (κ3) is 2.49. The normalized spacial score (nSPS) is 10.3. The van der Waals surface area contributed by atoms with Crippen molar-refractivity contribution < 1.29 is 9.18 Å². The van der Waals surface area contributed by atoms with E-state index in [1.54, 1.807) is 6.07 Å². The lowest BCUT2D eigenvalue weighted by Gasteiger charge is -2.08. The van der Waals surface area contributed by atoms with Gasteiger partial charge in [-0.2, -0.15) is 0 Å². The Bertz CT molecular complexity index is 631. The molecule has 5 heteroatoms. The number of carbonyl (C=O) groups excluding carboxylic acids is 1. The summed E-state index contributed by atoms with van der Waals surface area (Å²) >= 11 is 5.88. The van der Waals surface area contributed by atoms with Gasteiger partial charge in [0.05, 0.1) is 6.54 Å². The topological polar surface area (TPSA) is 39.1 Å². The largest absolute Gasteiger partial charge is 0.310 e. The molecule has 1 heterocycles. The Morgan fingerprint density at radius 1 is 1.28 bits per heavy atom. The van der Waals surface area contributed by atoms with Crippen LogP contribution in [0.3, 0.4) is 0 Å². The molecular weight excluding hydrogens is 257 g/mol. The van der Waals surface area contributed by atoms with Crippen molar-refractivity contribution in [3.8, 4) is 0 Å². The van der Waals surface area contributed by atoms with Gasteiger partial charge in [0.25, 0.3) is 5.56 Å². The molecule has 1 aromatic heterocycles. The van der Waals surface area contributed by atoms with Gasteiger partial charge in [-0.25, -0.2) is 4.39 Å². The lowest BCUT2D eigenvalue weighted by molar-refractivity contribution is 0.112. The van der Waals surface area contributed by atoms with Gasteiger partial charge in [0.15, 0.2) is 6.29 Å². The monoisotopic (exact) mass is 265 g/mol. The van der Waals surface area contributed by atoms with Crippen LogP contribution in [0.1, 0.15) is 15.9 Å². The van der Waals surface area contributed by atoms with Gasteiger partial charge in [0, 0.05) is 28.4 Å². The molecular formula is C13H9ClFNO2. The van der Waals surface area contributed by atoms with Crippen LogP contribution in [0.5, 0.6) is 0 Å². The van der Waals surface area contributed by atoms with E-state index in [0.717, 1.165) is 0 Å². The first-order chi connectivity index (χ1) is 8.61. The van der Waals surface area contributed by atoms with Gasteiger partial charge in [0.2, 0.25) is 0 Å². The van der Waals surface area contributed by atoms with E-state index in [1.807, 2.05) is 0 Å². The van der Waals surface area contributed by atoms with Crippen molar-refractivity contribution in [2.75, 3.05) is 0 Å². The number of aromatic nitrogens is 1. The third-order valence-electron chi connectivity index (χ3n) is 2.53. The number of pyridine rings is 1. The van der Waals surface area contributed by atoms with Crippen LogP contribution in [-0.2, 0) is 6.54 Å². The Morgan fingerprint density at radius 3 is 2.72 bits per heavy atom. The summed E-state index contributed by atoms with van der Waals surface area (Å²) in [7, 11) is 0. The van der Waals surface area contributed by atoms with Gasteiger partial charge >= 0.3 is 0 Å². The van der Waals surface area contributed by atoms with E-state index in [4.69, 9.17) is 11.6 Å². The molecule has 0 aliphatic carbocycles. The Hall–Kier alpha value is -1.94. The zero-order valence-electron chi connectivity index (χ0n) is 9.27. The maximum Gasteiger partial charge on any atom is 0.250 e. The molecule has 0 aliphatic rings. The second kappa shape index (κ2) is 5.14. The van der Waals surface area contributed by atoms with Gasteiger partial charge in [-0.05, 0) is 18.2 Å². The van der Waals surface area contributed by atoms with Crippen LogP contribution < -0.4 is 5.56 Å². The highest BCUT2D eigenvalue weighted by Crippen LogP contribution is 2.19. The number of hydrogen-bond donors (Lipinski definition) is 0. The highest BCUT2D eigenvalue weighted by Gasteiger charge is 2.08. The summed E-state index contributed by atoms with van der Waals surface area (Å²) < 4.78 is 14.8. The highest BCUT2D eigenvalue weighted by atomic mass is 35.5. The number of hydrogen-bond acceptors (Lipinski definition) is 2. The van der Waals surface area contributed by atoms with E-state index < -0.39 is 5.82 Å². The fraction of sp³-hybridized carbons (Fsp3) is 0.0769. The van der Waals surface area contributed by atoms with Gasteiger partial charge in [-0.15, -0.1) is 0 Å². The van der Waals surface area contributed by atoms with E-state index >= 15 is 0 Å². The summed E-state index contributed by atoms with van der Waals surface area (Å²) in [6.07, 6.45) is 2.00. The second-order valence-corrected chi connectivity index (χ2v) is 4.15. The van der Waals surface area contributed by atoms with Crippen LogP contribution in [0.25, 0.3) is 0 Å². The van der Waals surface area contributed by atoms with E-state index in [-0.39, 0.29) is 22.7 Å². The summed E-state index contributed by atoms with van der Waals surface area (Å²) in [6, 6.07) is 6.99. The van der Waals surface area contributed by atoms with Crippen molar-refractivity contribution in [1.82, 2.24) is 4.57 Å². The van der Waals surface area contributed by atoms with Crippen LogP contribution in [0.4, 0.5) is 4.39 Å². The molecule has 0 fully saturated rings. The molecule has 0 aliphatic heterocycles. The predicted molar refractivity (Wildman–Crippen MR) is 66.6 cm³/mol. The summed E-state index contributed by atoms with van der Waals surface area (Å²) in [5, 5.41) is 0.249. The molecule has 0 saturated carbocycles. The van der Waals surface area contributed by atoms with Crippen molar-refractivity contribution in [2.45, 2.75) is 6.54 Å². The fourth-order valence-corrected chi connectivity index (χ4v) is 1.82. The zero-order valence-corrected chi connectivity index (χ0v) is 10.0. The average Bonchev–Trinajstić information content (AvgIpc) is 2.36. The molecule has 0 atom stereocenters. The van der Waals surface area contributed by atoms with Crippen molar-refractivity contribution in [1.29, 1.82) is 0 Å². The summed E-state index contributed by atoms with van der Waals surface area (Å²) in [4.78, 5) is 22.2. The number of halogens is 2. The second-order valence-electron chi connectivity index (χ2n) is 3.75. The smallest absolute Gasteiger partial charge is 0.250 e. The summed E-state index contributed by atoms with van der Waals surface area (Å²) in [5.74, 6) is -0.481. The highest BCUT2D eigenvalue weighted by molar-refractivity contribution is 6.31. The van der Waals surface area contributed by atoms with Crippen molar-refractivity contribution >= 4 is 17.9 Å². The predicted octanol–water partition coefficient (Wildman–Crippen LogP) is 2.50. The van der Waals surface area contributed by atoms with Gasteiger partial charge in [0.1, 0.15) is 5.82 Å². The molecule has 92 valence electrons. The molecule has 1 aromatic carbocycles. The SMILES string of the molecule is O=Cc1ccc(=O)n(Cc2c(F)cccc2Cl)c1. The first-order valence-corrected chi connectivity index (χ1v) is 5.58. The first kappa shape index (κ1) is 12.5. The van der Waals surface area contributed by atoms with Crippen LogP contribution in [0.2, 0.25) is 5.02 Å². The fourth-order valence-electron chi connectivity index (χ4n) is 1.60. The molecule has 0 amide bonds. The molecule has 0 N–H and O–H groups in total. The molecule has 0 saturated heterocycles. The Labute approximate surface area is 107 Å². The lowest BCUT2D eigenvalue weighted by Crippen LogP contribution is -2.20. The van der Waals surface area contributed by atoms with Crippen LogP contribution in [-0.4, -0.2) is 10.9 Å². The molecule has 0 radical (unpaired) electrons. The quantitative estimate of drug-likeness (QED) is 0.800. The van der Waals surface area contributed by atoms with Crippen LogP contribution in [0.15, 0.2) is 41.3 Å². The summed E-state index contributed by atoms with van der Waals surface area (Å²) in [5.41, 5.74) is 0.256. The maximum atomic E-state index is 13.6. The minimum Gasteiger partial charge on any atom is -0.310 e. The van der Waals surface area contributed by atoms with Crippen LogP contribution in [0, 0.1) is 5.82 Å². The van der Waals surface area contributed by atoms with E-state index in [1.165, 1.54) is 35.0 Å². The molecule has 18 heavy (non-hydrogen) atoms. The minimum absolute atomic E-state index is 0.00792. The lowest BCUT2D eigenvalue weighted by atomic mass is 10.2. The Morgan fingerprint density at radius 2 is 2.06 bits per heavy atom. The van der Waals surface area contributed by atoms with E-state index in [9.17, 15) is 14.0 Å². The molecule has 0 bridgehead atoms. The summed E-state index contributed by atoms with van der Waals surface area (Å²) in [6.45, 7) is -0.00792. The first-order valence-electron chi connectivity index (χ1n) is 5.20. The molecule has 0 unspecified atom stereocenters. The number of nitrogens with zero attached hydrogens (tertiary/aromatic N) is 1. The van der Waals surface area contributed by atoms with Crippen LogP contribution >= 0.6 is 11.6 Å². The standard InChI is InChI=1S/C13H9ClFNO2/c14-11-2-1-3-12(15)10(11)7-16-6-9(8-17)4-5-13(16)18/h1-6,8H,7H2. The zero-order chi connectivity index (χ0) is 13.1. The number of carbonyl (C=O) groups is 1. The maximum absolute atomic E-state index is 13.6.